The van der Waals surface area contributed by atoms with E-state index in [0.29, 0.717) is 25.8 Å². The molecule has 2 N–H and O–H groups in total. The van der Waals surface area contributed by atoms with Crippen LogP contribution >= 0.6 is 0 Å². The van der Waals surface area contributed by atoms with Gasteiger partial charge in [0.15, 0.2) is 0 Å². The SMILES string of the molecule is C=C[C@H]1CCN2C(=O)[C@@H](NC(=O)OC(C)(C)C)CCCCCCCCC[C@@H](C=O)NC(=O)[C@H]12. The molecule has 8 nitrogen and oxygen atoms in total. The minimum atomic E-state index is -0.770. The van der Waals surface area contributed by atoms with Crippen LogP contribution in [-0.4, -0.2) is 59.4 Å². The zero-order valence-corrected chi connectivity index (χ0v) is 20.4. The molecule has 0 unspecified atom stereocenters. The number of carbonyl (C=O) groups is 4. The Morgan fingerprint density at radius 1 is 1.06 bits per heavy atom. The molecule has 0 radical (unpaired) electrons. The van der Waals surface area contributed by atoms with Gasteiger partial charge in [-0.15, -0.1) is 6.58 Å². The second-order valence-electron chi connectivity index (χ2n) is 10.2. The van der Waals surface area contributed by atoms with E-state index in [2.05, 4.69) is 17.2 Å². The lowest BCUT2D eigenvalue weighted by molar-refractivity contribution is -0.141. The van der Waals surface area contributed by atoms with Crippen molar-refractivity contribution in [3.63, 3.8) is 0 Å². The number of carbonyl (C=O) groups excluding carboxylic acids is 4. The summed E-state index contributed by atoms with van der Waals surface area (Å²) >= 11 is 0. The molecule has 186 valence electrons. The molecule has 0 aromatic heterocycles. The maximum Gasteiger partial charge on any atom is 0.408 e. The fourth-order valence-electron chi connectivity index (χ4n) is 4.59. The van der Waals surface area contributed by atoms with Gasteiger partial charge in [-0.25, -0.2) is 4.79 Å². The van der Waals surface area contributed by atoms with Crippen LogP contribution in [0.1, 0.15) is 85.0 Å². The van der Waals surface area contributed by atoms with Crippen LogP contribution in [0.3, 0.4) is 0 Å². The van der Waals surface area contributed by atoms with Gasteiger partial charge in [-0.1, -0.05) is 51.0 Å². The minimum absolute atomic E-state index is 0.206. The van der Waals surface area contributed by atoms with Gasteiger partial charge < -0.3 is 25.1 Å². The smallest absolute Gasteiger partial charge is 0.408 e. The Balaban J connectivity index is 2.25. The molecular formula is C25H41N3O5. The first-order valence-electron chi connectivity index (χ1n) is 12.3. The molecule has 3 amide bonds. The summed E-state index contributed by atoms with van der Waals surface area (Å²) in [5, 5.41) is 5.57. The van der Waals surface area contributed by atoms with Crippen LogP contribution in [-0.2, 0) is 19.1 Å². The standard InChI is InChI=1S/C25H41N3O5/c1-5-18-15-16-28-21(18)22(30)26-19(17-29)13-11-9-7-6-8-10-12-14-20(23(28)31)27-24(32)33-25(2,3)4/h5,17-21H,1,6-16H2,2-4H3,(H,26,30)(H,27,32)/t18-,19-,20-,21-/m0/s1. The zero-order valence-electron chi connectivity index (χ0n) is 20.4. The number of nitrogens with one attached hydrogen (secondary N) is 2. The van der Waals surface area contributed by atoms with Crippen molar-refractivity contribution in [1.82, 2.24) is 15.5 Å². The normalized spacial score (nSPS) is 28.4. The summed E-state index contributed by atoms with van der Waals surface area (Å²) in [6.45, 7) is 9.55. The first kappa shape index (κ1) is 26.9. The van der Waals surface area contributed by atoms with Crippen molar-refractivity contribution in [2.24, 2.45) is 5.92 Å². The van der Waals surface area contributed by atoms with E-state index < -0.39 is 29.8 Å². The van der Waals surface area contributed by atoms with Gasteiger partial charge in [0.25, 0.3) is 0 Å². The molecule has 2 aliphatic rings. The van der Waals surface area contributed by atoms with E-state index in [4.69, 9.17) is 4.74 Å². The molecule has 2 rings (SSSR count). The van der Waals surface area contributed by atoms with Gasteiger partial charge in [0.1, 0.15) is 24.0 Å². The number of ether oxygens (including phenoxy) is 1. The number of amides is 3. The van der Waals surface area contributed by atoms with Gasteiger partial charge in [-0.05, 0) is 40.0 Å². The summed E-state index contributed by atoms with van der Waals surface area (Å²) in [4.78, 5) is 52.3. The number of aldehydes is 1. The average molecular weight is 464 g/mol. The van der Waals surface area contributed by atoms with Gasteiger partial charge in [0.2, 0.25) is 11.8 Å². The number of rotatable bonds is 3. The van der Waals surface area contributed by atoms with Gasteiger partial charge in [-0.2, -0.15) is 0 Å². The fourth-order valence-corrected chi connectivity index (χ4v) is 4.59. The number of hydrogen-bond acceptors (Lipinski definition) is 5. The summed E-state index contributed by atoms with van der Waals surface area (Å²) in [6, 6.07) is -2.08. The Morgan fingerprint density at radius 3 is 2.24 bits per heavy atom. The summed E-state index contributed by atoms with van der Waals surface area (Å²) in [7, 11) is 0. The van der Waals surface area contributed by atoms with Gasteiger partial charge >= 0.3 is 6.09 Å². The highest BCUT2D eigenvalue weighted by Crippen LogP contribution is 2.27. The van der Waals surface area contributed by atoms with Crippen LogP contribution in [0, 0.1) is 5.92 Å². The third-order valence-electron chi connectivity index (χ3n) is 6.29. The average Bonchev–Trinajstić information content (AvgIpc) is 3.18. The fraction of sp³-hybridized carbons (Fsp3) is 0.760. The highest BCUT2D eigenvalue weighted by atomic mass is 16.6. The van der Waals surface area contributed by atoms with E-state index in [-0.39, 0.29) is 17.7 Å². The number of nitrogens with zero attached hydrogens (tertiary/aromatic N) is 1. The first-order valence-corrected chi connectivity index (χ1v) is 12.3. The molecule has 2 saturated heterocycles. The van der Waals surface area contributed by atoms with Crippen LogP contribution in [0.15, 0.2) is 12.7 Å². The summed E-state index contributed by atoms with van der Waals surface area (Å²) < 4.78 is 5.38. The maximum atomic E-state index is 13.6. The number of alkyl carbamates (subject to hydrolysis) is 1. The van der Waals surface area contributed by atoms with Crippen molar-refractivity contribution in [3.8, 4) is 0 Å². The van der Waals surface area contributed by atoms with Crippen molar-refractivity contribution in [3.05, 3.63) is 12.7 Å². The van der Waals surface area contributed by atoms with E-state index >= 15 is 0 Å². The molecule has 0 aliphatic carbocycles. The molecule has 0 saturated carbocycles. The summed E-state index contributed by atoms with van der Waals surface area (Å²) in [5.74, 6) is -0.839. The monoisotopic (exact) mass is 463 g/mol. The number of fused-ring (bicyclic) bond motifs is 1. The Hall–Kier alpha value is -2.38. The lowest BCUT2D eigenvalue weighted by atomic mass is 9.98. The minimum Gasteiger partial charge on any atom is -0.444 e. The quantitative estimate of drug-likeness (QED) is 0.492. The van der Waals surface area contributed by atoms with E-state index in [1.54, 1.807) is 26.8 Å². The van der Waals surface area contributed by atoms with Gasteiger partial charge in [0, 0.05) is 12.5 Å². The first-order chi connectivity index (χ1) is 15.7. The van der Waals surface area contributed by atoms with Crippen LogP contribution in [0.2, 0.25) is 0 Å². The van der Waals surface area contributed by atoms with E-state index in [9.17, 15) is 19.2 Å². The van der Waals surface area contributed by atoms with E-state index in [0.717, 1.165) is 51.2 Å². The predicted molar refractivity (Wildman–Crippen MR) is 127 cm³/mol. The maximum absolute atomic E-state index is 13.6. The molecule has 2 heterocycles. The molecule has 0 bridgehead atoms. The second kappa shape index (κ2) is 12.8. The topological polar surface area (TPSA) is 105 Å². The molecule has 4 atom stereocenters. The van der Waals surface area contributed by atoms with E-state index in [1.165, 1.54) is 4.90 Å². The van der Waals surface area contributed by atoms with Crippen molar-refractivity contribution in [2.45, 2.75) is 109 Å². The molecule has 2 aliphatic heterocycles. The van der Waals surface area contributed by atoms with E-state index in [1.807, 2.05) is 0 Å². The Kier molecular flexibility index (Phi) is 10.4. The molecule has 2 fully saturated rings. The lowest BCUT2D eigenvalue weighted by Crippen LogP contribution is -2.56. The van der Waals surface area contributed by atoms with Gasteiger partial charge in [0.05, 0.1) is 6.04 Å². The molecule has 0 spiro atoms. The summed E-state index contributed by atoms with van der Waals surface area (Å²) in [5.41, 5.74) is -0.681. The molecular weight excluding hydrogens is 422 g/mol. The summed E-state index contributed by atoms with van der Waals surface area (Å²) in [6.07, 6.45) is 10.4. The Bertz CT molecular complexity index is 703. The third kappa shape index (κ3) is 8.48. The van der Waals surface area contributed by atoms with Crippen molar-refractivity contribution >= 4 is 24.2 Å². The zero-order chi connectivity index (χ0) is 24.4. The van der Waals surface area contributed by atoms with Crippen LogP contribution in [0.4, 0.5) is 4.79 Å². The predicted octanol–water partition coefficient (Wildman–Crippen LogP) is 3.49. The molecule has 0 aromatic carbocycles. The third-order valence-corrected chi connectivity index (χ3v) is 6.29. The molecule has 8 heteroatoms. The second-order valence-corrected chi connectivity index (χ2v) is 10.2. The van der Waals surface area contributed by atoms with Crippen molar-refractivity contribution in [2.75, 3.05) is 6.54 Å². The van der Waals surface area contributed by atoms with Gasteiger partial charge in [-0.3, -0.25) is 9.59 Å². The van der Waals surface area contributed by atoms with Crippen LogP contribution < -0.4 is 10.6 Å². The van der Waals surface area contributed by atoms with Crippen molar-refractivity contribution < 1.29 is 23.9 Å². The highest BCUT2D eigenvalue weighted by molar-refractivity contribution is 5.93. The molecule has 0 aromatic rings. The van der Waals surface area contributed by atoms with Crippen molar-refractivity contribution in [1.29, 1.82) is 0 Å². The Labute approximate surface area is 197 Å². The number of hydrogen-bond donors (Lipinski definition) is 2. The highest BCUT2D eigenvalue weighted by Gasteiger charge is 2.43. The Morgan fingerprint density at radius 2 is 1.67 bits per heavy atom. The van der Waals surface area contributed by atoms with Crippen LogP contribution in [0.5, 0.6) is 0 Å². The van der Waals surface area contributed by atoms with Crippen LogP contribution in [0.25, 0.3) is 0 Å². The molecule has 33 heavy (non-hydrogen) atoms. The largest absolute Gasteiger partial charge is 0.444 e. The lowest BCUT2D eigenvalue weighted by Gasteiger charge is -2.31.